The number of nitrogens with two attached hydrogens (primary N) is 1. The Balaban J connectivity index is 2.64. The molecule has 0 aliphatic carbocycles. The molecule has 7 heteroatoms. The Morgan fingerprint density at radius 1 is 1.43 bits per heavy atom. The summed E-state index contributed by atoms with van der Waals surface area (Å²) in [6, 6.07) is 0. The highest BCUT2D eigenvalue weighted by atomic mass is 16.4. The van der Waals surface area contributed by atoms with Crippen molar-refractivity contribution in [3.05, 3.63) is 18.0 Å². The number of hydrogen-bond donors (Lipinski definition) is 3. The van der Waals surface area contributed by atoms with Crippen LogP contribution in [0.3, 0.4) is 0 Å². The zero-order valence-corrected chi connectivity index (χ0v) is 7.10. The lowest BCUT2D eigenvalue weighted by Gasteiger charge is -2.00. The number of carbonyl (C=O) groups excluding carboxylic acids is 1. The molecule has 7 nitrogen and oxygen atoms in total. The second-order valence-electron chi connectivity index (χ2n) is 2.42. The molecule has 1 amide bonds. The minimum Gasteiger partial charge on any atom is -0.478 e. The average Bonchev–Trinajstić information content (AvgIpc) is 2.15. The largest absolute Gasteiger partial charge is 0.478 e. The highest BCUT2D eigenvalue weighted by molar-refractivity contribution is 5.86. The highest BCUT2D eigenvalue weighted by Gasteiger charge is 2.03. The predicted molar refractivity (Wildman–Crippen MR) is 46.7 cm³/mol. The molecular formula is C7H8N4O3. The maximum absolute atomic E-state index is 10.4. The van der Waals surface area contributed by atoms with E-state index in [2.05, 4.69) is 15.3 Å². The molecule has 0 aliphatic rings. The Morgan fingerprint density at radius 3 is 2.43 bits per heavy atom. The molecule has 0 unspecified atom stereocenters. The number of hydrogen-bond acceptors (Lipinski definition) is 5. The van der Waals surface area contributed by atoms with E-state index in [1.807, 2.05) is 0 Å². The zero-order valence-electron chi connectivity index (χ0n) is 7.10. The lowest BCUT2D eigenvalue weighted by atomic mass is 10.3. The summed E-state index contributed by atoms with van der Waals surface area (Å²) in [5, 5.41) is 11.0. The number of nitrogens with one attached hydrogen (secondary N) is 1. The van der Waals surface area contributed by atoms with Crippen LogP contribution in [0.1, 0.15) is 10.4 Å². The fourth-order valence-electron chi connectivity index (χ4n) is 0.696. The van der Waals surface area contributed by atoms with Gasteiger partial charge in [0.1, 0.15) is 0 Å². The van der Waals surface area contributed by atoms with Crippen molar-refractivity contribution in [3.8, 4) is 0 Å². The average molecular weight is 196 g/mol. The van der Waals surface area contributed by atoms with E-state index in [0.29, 0.717) is 0 Å². The molecule has 1 aromatic heterocycles. The van der Waals surface area contributed by atoms with Crippen LogP contribution in [-0.4, -0.2) is 33.5 Å². The van der Waals surface area contributed by atoms with Crippen molar-refractivity contribution >= 4 is 17.8 Å². The molecule has 0 fully saturated rings. The molecule has 1 rings (SSSR count). The number of amides is 1. The molecule has 0 aromatic carbocycles. The van der Waals surface area contributed by atoms with E-state index in [0.717, 1.165) is 12.4 Å². The summed E-state index contributed by atoms with van der Waals surface area (Å²) in [7, 11) is 0. The van der Waals surface area contributed by atoms with Gasteiger partial charge in [-0.1, -0.05) is 0 Å². The number of nitrogens with zero attached hydrogens (tertiary/aromatic N) is 2. The smallest absolute Gasteiger partial charge is 0.338 e. The first-order chi connectivity index (χ1) is 6.59. The van der Waals surface area contributed by atoms with Gasteiger partial charge in [-0.2, -0.15) is 0 Å². The van der Waals surface area contributed by atoms with Gasteiger partial charge in [0.05, 0.1) is 12.1 Å². The molecule has 0 aliphatic heterocycles. The standard InChI is InChI=1S/C7H8N4O3/c8-5(12)3-11-7-9-1-4(2-10-7)6(13)14/h1-2H,3H2,(H2,8,12)(H,13,14)(H,9,10,11). The van der Waals surface area contributed by atoms with Crippen LogP contribution in [0, 0.1) is 0 Å². The third-order valence-electron chi connectivity index (χ3n) is 1.32. The zero-order chi connectivity index (χ0) is 10.6. The van der Waals surface area contributed by atoms with Crippen LogP contribution in [0.15, 0.2) is 12.4 Å². The number of carbonyl (C=O) groups is 2. The van der Waals surface area contributed by atoms with Gasteiger partial charge in [0.15, 0.2) is 0 Å². The summed E-state index contributed by atoms with van der Waals surface area (Å²) in [6.07, 6.45) is 2.28. The van der Waals surface area contributed by atoms with Crippen molar-refractivity contribution in [2.24, 2.45) is 5.73 Å². The predicted octanol–water partition coefficient (Wildman–Crippen LogP) is -0.928. The maximum atomic E-state index is 10.4. The lowest BCUT2D eigenvalue weighted by molar-refractivity contribution is -0.116. The van der Waals surface area contributed by atoms with Crippen molar-refractivity contribution in [3.63, 3.8) is 0 Å². The molecule has 1 heterocycles. The van der Waals surface area contributed by atoms with Crippen molar-refractivity contribution in [2.45, 2.75) is 0 Å². The molecular weight excluding hydrogens is 188 g/mol. The van der Waals surface area contributed by atoms with E-state index in [4.69, 9.17) is 10.8 Å². The van der Waals surface area contributed by atoms with Crippen LogP contribution in [0.5, 0.6) is 0 Å². The van der Waals surface area contributed by atoms with Gasteiger partial charge in [-0.05, 0) is 0 Å². The molecule has 0 radical (unpaired) electrons. The number of carboxylic acids is 1. The molecule has 74 valence electrons. The van der Waals surface area contributed by atoms with Gasteiger partial charge in [-0.25, -0.2) is 14.8 Å². The fourth-order valence-corrected chi connectivity index (χ4v) is 0.696. The Morgan fingerprint density at radius 2 is 2.00 bits per heavy atom. The van der Waals surface area contributed by atoms with Gasteiger partial charge in [0.25, 0.3) is 0 Å². The van der Waals surface area contributed by atoms with Crippen LogP contribution in [0.25, 0.3) is 0 Å². The maximum Gasteiger partial charge on any atom is 0.338 e. The Labute approximate surface area is 79.0 Å². The van der Waals surface area contributed by atoms with Gasteiger partial charge in [-0.15, -0.1) is 0 Å². The van der Waals surface area contributed by atoms with Crippen molar-refractivity contribution in [1.82, 2.24) is 9.97 Å². The Bertz CT molecular complexity index is 348. The summed E-state index contributed by atoms with van der Waals surface area (Å²) < 4.78 is 0. The topological polar surface area (TPSA) is 118 Å². The van der Waals surface area contributed by atoms with Crippen molar-refractivity contribution in [1.29, 1.82) is 0 Å². The third-order valence-corrected chi connectivity index (χ3v) is 1.32. The van der Waals surface area contributed by atoms with Gasteiger partial charge >= 0.3 is 5.97 Å². The SMILES string of the molecule is NC(=O)CNc1ncc(C(=O)O)cn1. The van der Waals surface area contributed by atoms with E-state index in [9.17, 15) is 9.59 Å². The Hall–Kier alpha value is -2.18. The van der Waals surface area contributed by atoms with Gasteiger partial charge in [0, 0.05) is 12.4 Å². The molecule has 1 aromatic rings. The van der Waals surface area contributed by atoms with E-state index in [1.54, 1.807) is 0 Å². The third kappa shape index (κ3) is 2.70. The summed E-state index contributed by atoms with van der Waals surface area (Å²) in [6.45, 7) is -0.0909. The lowest BCUT2D eigenvalue weighted by Crippen LogP contribution is -2.22. The van der Waals surface area contributed by atoms with Gasteiger partial charge < -0.3 is 16.2 Å². The van der Waals surface area contributed by atoms with Crippen LogP contribution < -0.4 is 11.1 Å². The minimum atomic E-state index is -1.11. The first-order valence-corrected chi connectivity index (χ1v) is 3.67. The molecule has 0 saturated carbocycles. The van der Waals surface area contributed by atoms with Gasteiger partial charge in [-0.3, -0.25) is 4.79 Å². The highest BCUT2D eigenvalue weighted by Crippen LogP contribution is 1.99. The second kappa shape index (κ2) is 4.17. The monoisotopic (exact) mass is 196 g/mol. The van der Waals surface area contributed by atoms with E-state index in [1.165, 1.54) is 0 Å². The molecule has 0 atom stereocenters. The van der Waals surface area contributed by atoms with Crippen molar-refractivity contribution in [2.75, 3.05) is 11.9 Å². The summed E-state index contributed by atoms with van der Waals surface area (Å²) in [5.41, 5.74) is 4.85. The number of aromatic carboxylic acids is 1. The van der Waals surface area contributed by atoms with Crippen LogP contribution in [0.2, 0.25) is 0 Å². The first-order valence-electron chi connectivity index (χ1n) is 3.67. The second-order valence-corrected chi connectivity index (χ2v) is 2.42. The summed E-state index contributed by atoms with van der Waals surface area (Å²) in [4.78, 5) is 28.1. The summed E-state index contributed by atoms with van der Waals surface area (Å²) >= 11 is 0. The Kier molecular flexibility index (Phi) is 2.95. The molecule has 0 saturated heterocycles. The molecule has 0 spiro atoms. The number of aromatic nitrogens is 2. The first kappa shape index (κ1) is 9.90. The summed E-state index contributed by atoms with van der Waals surface area (Å²) in [5.74, 6) is -1.49. The minimum absolute atomic E-state index is 0.0189. The molecule has 4 N–H and O–H groups in total. The molecule has 0 bridgehead atoms. The van der Waals surface area contributed by atoms with E-state index >= 15 is 0 Å². The van der Waals surface area contributed by atoms with E-state index in [-0.39, 0.29) is 18.1 Å². The van der Waals surface area contributed by atoms with Gasteiger partial charge in [0.2, 0.25) is 11.9 Å². The van der Waals surface area contributed by atoms with Crippen molar-refractivity contribution < 1.29 is 14.7 Å². The number of rotatable bonds is 4. The van der Waals surface area contributed by atoms with Crippen LogP contribution in [0.4, 0.5) is 5.95 Å². The van der Waals surface area contributed by atoms with Crippen LogP contribution in [-0.2, 0) is 4.79 Å². The fraction of sp³-hybridized carbons (Fsp3) is 0.143. The van der Waals surface area contributed by atoms with Crippen LogP contribution >= 0.6 is 0 Å². The normalized spacial score (nSPS) is 9.43. The quantitative estimate of drug-likeness (QED) is 0.572. The number of primary amides is 1. The number of carboxylic acid groups (broad SMARTS) is 1. The molecule has 14 heavy (non-hydrogen) atoms. The van der Waals surface area contributed by atoms with E-state index < -0.39 is 11.9 Å². The number of anilines is 1.